The van der Waals surface area contributed by atoms with Gasteiger partial charge in [-0.15, -0.1) is 0 Å². The molecule has 3 rings (SSSR count). The summed E-state index contributed by atoms with van der Waals surface area (Å²) in [7, 11) is 0. The highest BCUT2D eigenvalue weighted by Crippen LogP contribution is 2.45. The molecular weight excluding hydrogens is 368 g/mol. The lowest BCUT2D eigenvalue weighted by molar-refractivity contribution is -0.0397. The fraction of sp³-hybridized carbons (Fsp3) is 0.500. The number of aryl methyl sites for hydroxylation is 4. The van der Waals surface area contributed by atoms with Gasteiger partial charge in [0.2, 0.25) is 0 Å². The number of aromatic hydroxyl groups is 2. The largest absolute Gasteiger partial charge is 0.507 e. The van der Waals surface area contributed by atoms with E-state index in [0.717, 1.165) is 46.2 Å². The van der Waals surface area contributed by atoms with E-state index in [0.29, 0.717) is 26.1 Å². The molecule has 29 heavy (non-hydrogen) atoms. The summed E-state index contributed by atoms with van der Waals surface area (Å²) in [6.07, 6.45) is 2.81. The third kappa shape index (κ3) is 4.74. The van der Waals surface area contributed by atoms with Crippen molar-refractivity contribution in [2.75, 3.05) is 26.4 Å². The second-order valence-electron chi connectivity index (χ2n) is 8.13. The van der Waals surface area contributed by atoms with Crippen LogP contribution in [0.2, 0.25) is 0 Å². The number of benzene rings is 2. The van der Waals surface area contributed by atoms with Crippen LogP contribution in [0, 0.1) is 19.8 Å². The van der Waals surface area contributed by atoms with Crippen LogP contribution in [0.5, 0.6) is 11.5 Å². The maximum atomic E-state index is 10.9. The van der Waals surface area contributed by atoms with Crippen LogP contribution in [-0.4, -0.2) is 46.9 Å². The summed E-state index contributed by atoms with van der Waals surface area (Å²) < 4.78 is 5.46. The lowest BCUT2D eigenvalue weighted by Gasteiger charge is -2.36. The van der Waals surface area contributed by atoms with E-state index in [1.165, 1.54) is 0 Å². The van der Waals surface area contributed by atoms with Gasteiger partial charge < -0.3 is 25.2 Å². The molecule has 0 radical (unpaired) electrons. The topological polar surface area (TPSA) is 90.2 Å². The minimum Gasteiger partial charge on any atom is -0.507 e. The van der Waals surface area contributed by atoms with Crippen LogP contribution in [0.4, 0.5) is 0 Å². The van der Waals surface area contributed by atoms with Crippen LogP contribution in [0.1, 0.15) is 52.1 Å². The normalized spacial score (nSPS) is 14.4. The van der Waals surface area contributed by atoms with Gasteiger partial charge in [0.1, 0.15) is 11.5 Å². The quantitative estimate of drug-likeness (QED) is 0.518. The van der Waals surface area contributed by atoms with Gasteiger partial charge >= 0.3 is 0 Å². The molecule has 1 fully saturated rings. The van der Waals surface area contributed by atoms with Crippen LogP contribution in [0.15, 0.2) is 24.3 Å². The van der Waals surface area contributed by atoms with Crippen molar-refractivity contribution in [3.63, 3.8) is 0 Å². The summed E-state index contributed by atoms with van der Waals surface area (Å²) in [5.74, 6) is 0.510. The molecule has 0 spiro atoms. The molecule has 0 aromatic heterocycles. The lowest BCUT2D eigenvalue weighted by atomic mass is 9.76. The van der Waals surface area contributed by atoms with Gasteiger partial charge in [-0.1, -0.05) is 24.3 Å². The summed E-state index contributed by atoms with van der Waals surface area (Å²) >= 11 is 0. The van der Waals surface area contributed by atoms with E-state index >= 15 is 0 Å². The fourth-order valence-electron chi connectivity index (χ4n) is 4.22. The number of aliphatic hydroxyl groups is 2. The summed E-state index contributed by atoms with van der Waals surface area (Å²) in [5, 5.41) is 40.2. The Balaban J connectivity index is 2.10. The summed E-state index contributed by atoms with van der Waals surface area (Å²) in [4.78, 5) is 0. The van der Waals surface area contributed by atoms with Gasteiger partial charge in [0.15, 0.2) is 0 Å². The molecule has 1 aliphatic heterocycles. The van der Waals surface area contributed by atoms with E-state index < -0.39 is 0 Å². The molecule has 0 aliphatic carbocycles. The zero-order valence-electron chi connectivity index (χ0n) is 17.3. The second-order valence-corrected chi connectivity index (χ2v) is 8.13. The summed E-state index contributed by atoms with van der Waals surface area (Å²) in [6, 6.07) is 7.95. The highest BCUT2D eigenvalue weighted by molar-refractivity contribution is 5.54. The first-order valence-electron chi connectivity index (χ1n) is 10.4. The molecule has 1 saturated heterocycles. The first-order chi connectivity index (χ1) is 14.0. The fourth-order valence-corrected chi connectivity index (χ4v) is 4.22. The van der Waals surface area contributed by atoms with E-state index in [1.807, 2.05) is 38.1 Å². The molecule has 1 aliphatic rings. The number of phenols is 2. The van der Waals surface area contributed by atoms with Crippen molar-refractivity contribution in [1.29, 1.82) is 0 Å². The van der Waals surface area contributed by atoms with Crippen LogP contribution in [0.3, 0.4) is 0 Å². The Morgan fingerprint density at radius 2 is 1.28 bits per heavy atom. The zero-order chi connectivity index (χ0) is 21.0. The average molecular weight is 401 g/mol. The standard InChI is InChI=1S/C24H32O5/c1-15-9-17(5-3-7-25)11-20(23(15)27)22(19-13-29-14-19)21-12-18(6-4-8-26)10-16(2)24(21)28/h9-12,19,22,25-28H,3-8,13-14H2,1-2H3. The molecule has 0 amide bonds. The third-order valence-electron chi connectivity index (χ3n) is 5.83. The van der Waals surface area contributed by atoms with Crippen molar-refractivity contribution in [2.45, 2.75) is 45.4 Å². The average Bonchev–Trinajstić information content (AvgIpc) is 2.66. The van der Waals surface area contributed by atoms with Crippen LogP contribution >= 0.6 is 0 Å². The van der Waals surface area contributed by atoms with E-state index in [-0.39, 0.29) is 36.5 Å². The number of hydrogen-bond donors (Lipinski definition) is 4. The monoisotopic (exact) mass is 400 g/mol. The predicted molar refractivity (Wildman–Crippen MR) is 113 cm³/mol. The van der Waals surface area contributed by atoms with E-state index in [4.69, 9.17) is 4.74 Å². The minimum atomic E-state index is -0.177. The maximum Gasteiger partial charge on any atom is 0.122 e. The second kappa shape index (κ2) is 9.61. The number of hydrogen-bond acceptors (Lipinski definition) is 5. The smallest absolute Gasteiger partial charge is 0.122 e. The van der Waals surface area contributed by atoms with Crippen molar-refractivity contribution >= 4 is 0 Å². The van der Waals surface area contributed by atoms with Crippen LogP contribution in [-0.2, 0) is 17.6 Å². The number of ether oxygens (including phenoxy) is 1. The molecule has 1 heterocycles. The number of phenolic OH excluding ortho intramolecular Hbond substituents is 2. The van der Waals surface area contributed by atoms with Crippen molar-refractivity contribution in [3.05, 3.63) is 57.6 Å². The molecule has 5 heteroatoms. The van der Waals surface area contributed by atoms with Gasteiger partial charge in [-0.3, -0.25) is 0 Å². The molecule has 2 aromatic rings. The Hall–Kier alpha value is -2.08. The molecule has 0 atom stereocenters. The molecule has 0 unspecified atom stereocenters. The molecule has 0 bridgehead atoms. The molecule has 4 N–H and O–H groups in total. The van der Waals surface area contributed by atoms with Gasteiger partial charge in [-0.05, 0) is 61.8 Å². The van der Waals surface area contributed by atoms with Gasteiger partial charge in [-0.25, -0.2) is 0 Å². The summed E-state index contributed by atoms with van der Waals surface area (Å²) in [6.45, 7) is 5.20. The van der Waals surface area contributed by atoms with Crippen molar-refractivity contribution in [3.8, 4) is 11.5 Å². The highest BCUT2D eigenvalue weighted by Gasteiger charge is 2.35. The van der Waals surface area contributed by atoms with Gasteiger partial charge in [0, 0.05) is 36.2 Å². The SMILES string of the molecule is Cc1cc(CCCO)cc(C(c2cc(CCCO)cc(C)c2O)C2COC2)c1O. The van der Waals surface area contributed by atoms with Crippen molar-refractivity contribution in [2.24, 2.45) is 5.92 Å². The highest BCUT2D eigenvalue weighted by atomic mass is 16.5. The number of aliphatic hydroxyl groups excluding tert-OH is 2. The molecular formula is C24H32O5. The Bertz CT molecular complexity index is 778. The van der Waals surface area contributed by atoms with Crippen molar-refractivity contribution in [1.82, 2.24) is 0 Å². The van der Waals surface area contributed by atoms with Gasteiger partial charge in [-0.2, -0.15) is 0 Å². The minimum absolute atomic E-state index is 0.127. The van der Waals surface area contributed by atoms with Gasteiger partial charge in [0.05, 0.1) is 13.2 Å². The maximum absolute atomic E-state index is 10.9. The summed E-state index contributed by atoms with van der Waals surface area (Å²) in [5.41, 5.74) is 5.35. The Kier molecular flexibility index (Phi) is 7.17. The first kappa shape index (κ1) is 21.6. The van der Waals surface area contributed by atoms with E-state index in [1.54, 1.807) is 0 Å². The lowest BCUT2D eigenvalue weighted by Crippen LogP contribution is -2.34. The van der Waals surface area contributed by atoms with Crippen LogP contribution in [0.25, 0.3) is 0 Å². The first-order valence-corrected chi connectivity index (χ1v) is 10.4. The zero-order valence-corrected chi connectivity index (χ0v) is 17.3. The molecule has 158 valence electrons. The molecule has 2 aromatic carbocycles. The Morgan fingerprint density at radius 1 is 0.828 bits per heavy atom. The molecule has 0 saturated carbocycles. The van der Waals surface area contributed by atoms with Gasteiger partial charge in [0.25, 0.3) is 0 Å². The van der Waals surface area contributed by atoms with E-state index in [2.05, 4.69) is 0 Å². The van der Waals surface area contributed by atoms with E-state index in [9.17, 15) is 20.4 Å². The van der Waals surface area contributed by atoms with Crippen molar-refractivity contribution < 1.29 is 25.2 Å². The Labute approximate surface area is 172 Å². The third-order valence-corrected chi connectivity index (χ3v) is 5.83. The Morgan fingerprint density at radius 3 is 1.62 bits per heavy atom. The predicted octanol–water partition coefficient (Wildman–Crippen LogP) is 3.34. The number of rotatable bonds is 9. The molecule has 5 nitrogen and oxygen atoms in total. The van der Waals surface area contributed by atoms with Crippen LogP contribution < -0.4 is 0 Å².